The number of halogens is 1. The van der Waals surface area contributed by atoms with Crippen LogP contribution in [0, 0.1) is 5.92 Å². The van der Waals surface area contributed by atoms with Crippen molar-refractivity contribution in [3.63, 3.8) is 0 Å². The van der Waals surface area contributed by atoms with Crippen LogP contribution in [0.25, 0.3) is 10.8 Å². The molecule has 0 saturated heterocycles. The number of rotatable bonds is 4. The Kier molecular flexibility index (Phi) is 3.95. The van der Waals surface area contributed by atoms with E-state index in [1.807, 2.05) is 12.1 Å². The minimum Gasteiger partial charge on any atom is -0.158 e. The number of hydrogen-bond acceptors (Lipinski definition) is 2. The first kappa shape index (κ1) is 12.3. The van der Waals surface area contributed by atoms with Gasteiger partial charge in [-0.05, 0) is 12.3 Å². The fourth-order valence-corrected chi connectivity index (χ4v) is 2.54. The maximum Gasteiger partial charge on any atom is 0.0723 e. The maximum atomic E-state index is 6.34. The van der Waals surface area contributed by atoms with Crippen molar-refractivity contribution >= 4 is 22.4 Å². The van der Waals surface area contributed by atoms with E-state index in [9.17, 15) is 0 Å². The summed E-state index contributed by atoms with van der Waals surface area (Å²) < 4.78 is 0. The van der Waals surface area contributed by atoms with Crippen LogP contribution in [-0.4, -0.2) is 15.6 Å². The number of fused-ring (bicyclic) bond motifs is 1. The summed E-state index contributed by atoms with van der Waals surface area (Å²) in [7, 11) is 0. The fourth-order valence-electron chi connectivity index (χ4n) is 2.04. The Morgan fingerprint density at radius 2 is 2.00 bits per heavy atom. The summed E-state index contributed by atoms with van der Waals surface area (Å²) in [6.07, 6.45) is 3.59. The van der Waals surface area contributed by atoms with Crippen molar-refractivity contribution in [2.24, 2.45) is 5.92 Å². The van der Waals surface area contributed by atoms with Gasteiger partial charge in [0.15, 0.2) is 0 Å². The molecule has 0 bridgehead atoms. The predicted octanol–water partition coefficient (Wildman–Crippen LogP) is 3.83. The van der Waals surface area contributed by atoms with Crippen LogP contribution in [0.2, 0.25) is 0 Å². The van der Waals surface area contributed by atoms with Crippen molar-refractivity contribution in [1.82, 2.24) is 10.2 Å². The molecule has 0 aliphatic heterocycles. The smallest absolute Gasteiger partial charge is 0.0723 e. The second kappa shape index (κ2) is 5.46. The first-order valence-corrected chi connectivity index (χ1v) is 6.44. The molecule has 0 N–H and O–H groups in total. The minimum atomic E-state index is 0.134. The van der Waals surface area contributed by atoms with Crippen LogP contribution in [0.3, 0.4) is 0 Å². The van der Waals surface area contributed by atoms with Crippen molar-refractivity contribution in [2.45, 2.75) is 32.1 Å². The Bertz CT molecular complexity index is 491. The number of aromatic nitrogens is 2. The van der Waals surface area contributed by atoms with Crippen molar-refractivity contribution < 1.29 is 0 Å². The molecule has 2 nitrogen and oxygen atoms in total. The van der Waals surface area contributed by atoms with Crippen LogP contribution in [-0.2, 0) is 6.42 Å². The van der Waals surface area contributed by atoms with E-state index >= 15 is 0 Å². The quantitative estimate of drug-likeness (QED) is 0.769. The molecule has 1 aromatic heterocycles. The van der Waals surface area contributed by atoms with E-state index in [2.05, 4.69) is 36.2 Å². The molecule has 0 spiro atoms. The topological polar surface area (TPSA) is 25.8 Å². The molecule has 0 radical (unpaired) electrons. The van der Waals surface area contributed by atoms with Crippen molar-refractivity contribution in [1.29, 1.82) is 0 Å². The highest BCUT2D eigenvalue weighted by atomic mass is 35.5. The van der Waals surface area contributed by atoms with E-state index in [1.54, 1.807) is 6.20 Å². The van der Waals surface area contributed by atoms with Crippen LogP contribution in [0.5, 0.6) is 0 Å². The SMILES string of the molecule is CC(C)CC(Cl)Cc1nncc2ccccc12. The van der Waals surface area contributed by atoms with Crippen LogP contribution in [0.15, 0.2) is 30.5 Å². The first-order valence-electron chi connectivity index (χ1n) is 6.00. The molecule has 2 aromatic rings. The number of hydrogen-bond donors (Lipinski definition) is 0. The molecule has 0 aliphatic rings. The normalized spacial score (nSPS) is 13.2. The molecule has 0 amide bonds. The lowest BCUT2D eigenvalue weighted by atomic mass is 10.0. The van der Waals surface area contributed by atoms with Gasteiger partial charge in [0.2, 0.25) is 0 Å². The molecule has 90 valence electrons. The molecular weight excluding hydrogens is 232 g/mol. The van der Waals surface area contributed by atoms with Gasteiger partial charge in [0.05, 0.1) is 11.9 Å². The highest BCUT2D eigenvalue weighted by molar-refractivity contribution is 6.20. The summed E-state index contributed by atoms with van der Waals surface area (Å²) in [5.74, 6) is 0.612. The predicted molar refractivity (Wildman–Crippen MR) is 72.3 cm³/mol. The van der Waals surface area contributed by atoms with Gasteiger partial charge in [-0.1, -0.05) is 38.1 Å². The van der Waals surface area contributed by atoms with Crippen LogP contribution >= 0.6 is 11.6 Å². The molecule has 2 rings (SSSR count). The average Bonchev–Trinajstić information content (AvgIpc) is 2.28. The largest absolute Gasteiger partial charge is 0.158 e. The average molecular weight is 249 g/mol. The second-order valence-corrected chi connectivity index (χ2v) is 5.43. The van der Waals surface area contributed by atoms with E-state index in [4.69, 9.17) is 11.6 Å². The van der Waals surface area contributed by atoms with E-state index < -0.39 is 0 Å². The van der Waals surface area contributed by atoms with Crippen molar-refractivity contribution in [3.05, 3.63) is 36.2 Å². The molecule has 0 aliphatic carbocycles. The van der Waals surface area contributed by atoms with Gasteiger partial charge in [0, 0.05) is 22.6 Å². The van der Waals surface area contributed by atoms with Gasteiger partial charge in [-0.15, -0.1) is 11.6 Å². The summed E-state index contributed by atoms with van der Waals surface area (Å²) >= 11 is 6.34. The molecule has 3 heteroatoms. The Balaban J connectivity index is 2.24. The van der Waals surface area contributed by atoms with Crippen molar-refractivity contribution in [3.8, 4) is 0 Å². The third-order valence-corrected chi connectivity index (χ3v) is 3.12. The third-order valence-electron chi connectivity index (χ3n) is 2.79. The molecule has 1 heterocycles. The first-order chi connectivity index (χ1) is 8.16. The minimum absolute atomic E-state index is 0.134. The summed E-state index contributed by atoms with van der Waals surface area (Å²) in [5, 5.41) is 10.7. The number of nitrogens with zero attached hydrogens (tertiary/aromatic N) is 2. The van der Waals surface area contributed by atoms with Crippen LogP contribution in [0.1, 0.15) is 26.0 Å². The zero-order chi connectivity index (χ0) is 12.3. The van der Waals surface area contributed by atoms with Gasteiger partial charge >= 0.3 is 0 Å². The highest BCUT2D eigenvalue weighted by Crippen LogP contribution is 2.20. The summed E-state index contributed by atoms with van der Waals surface area (Å²) in [6, 6.07) is 8.18. The molecule has 1 atom stereocenters. The van der Waals surface area contributed by atoms with Crippen molar-refractivity contribution in [2.75, 3.05) is 0 Å². The van der Waals surface area contributed by atoms with Gasteiger partial charge in [-0.3, -0.25) is 0 Å². The second-order valence-electron chi connectivity index (χ2n) is 4.81. The Hall–Kier alpha value is -1.15. The number of alkyl halides is 1. The lowest BCUT2D eigenvalue weighted by Crippen LogP contribution is -2.09. The molecule has 1 unspecified atom stereocenters. The zero-order valence-corrected chi connectivity index (χ0v) is 11.0. The Morgan fingerprint density at radius 3 is 2.76 bits per heavy atom. The molecular formula is C14H17ClN2. The van der Waals surface area contributed by atoms with Gasteiger partial charge in [0.1, 0.15) is 0 Å². The highest BCUT2D eigenvalue weighted by Gasteiger charge is 2.11. The van der Waals surface area contributed by atoms with Gasteiger partial charge < -0.3 is 0 Å². The Morgan fingerprint density at radius 1 is 1.24 bits per heavy atom. The maximum absolute atomic E-state index is 6.34. The molecule has 17 heavy (non-hydrogen) atoms. The van der Waals surface area contributed by atoms with Gasteiger partial charge in [-0.2, -0.15) is 10.2 Å². The standard InChI is InChI=1S/C14H17ClN2/c1-10(2)7-12(15)8-14-13-6-4-3-5-11(13)9-16-17-14/h3-6,9-10,12H,7-8H2,1-2H3. The van der Waals surface area contributed by atoms with Gasteiger partial charge in [-0.25, -0.2) is 0 Å². The van der Waals surface area contributed by atoms with Crippen LogP contribution in [0.4, 0.5) is 0 Å². The van der Waals surface area contributed by atoms with Gasteiger partial charge in [0.25, 0.3) is 0 Å². The molecule has 1 aromatic carbocycles. The summed E-state index contributed by atoms with van der Waals surface area (Å²) in [6.45, 7) is 4.37. The summed E-state index contributed by atoms with van der Waals surface area (Å²) in [5.41, 5.74) is 1.00. The van der Waals surface area contributed by atoms with E-state index in [1.165, 1.54) is 0 Å². The third kappa shape index (κ3) is 3.16. The van der Waals surface area contributed by atoms with E-state index in [0.717, 1.165) is 29.3 Å². The lowest BCUT2D eigenvalue weighted by molar-refractivity contribution is 0.558. The monoisotopic (exact) mass is 248 g/mol. The number of benzene rings is 1. The molecule has 0 saturated carbocycles. The molecule has 0 fully saturated rings. The van der Waals surface area contributed by atoms with E-state index in [0.29, 0.717) is 5.92 Å². The summed E-state index contributed by atoms with van der Waals surface area (Å²) in [4.78, 5) is 0. The fraction of sp³-hybridized carbons (Fsp3) is 0.429. The van der Waals surface area contributed by atoms with Crippen LogP contribution < -0.4 is 0 Å². The lowest BCUT2D eigenvalue weighted by Gasteiger charge is -2.12. The zero-order valence-electron chi connectivity index (χ0n) is 10.2. The Labute approximate surface area is 107 Å². The van der Waals surface area contributed by atoms with E-state index in [-0.39, 0.29) is 5.38 Å².